The van der Waals surface area contributed by atoms with Crippen molar-refractivity contribution >= 4 is 11.6 Å². The summed E-state index contributed by atoms with van der Waals surface area (Å²) in [6.45, 7) is 0.657. The number of anilines is 1. The molecule has 0 fully saturated rings. The number of para-hydroxylation sites is 1. The van der Waals surface area contributed by atoms with Crippen LogP contribution in [0.15, 0.2) is 34.7 Å². The van der Waals surface area contributed by atoms with Crippen molar-refractivity contribution < 1.29 is 41.0 Å². The van der Waals surface area contributed by atoms with E-state index in [2.05, 4.69) is 9.15 Å². The summed E-state index contributed by atoms with van der Waals surface area (Å²) in [6, 6.07) is 5.61. The lowest BCUT2D eigenvalue weighted by molar-refractivity contribution is -0.193. The number of alkyl halides is 5. The van der Waals surface area contributed by atoms with Crippen molar-refractivity contribution in [2.45, 2.75) is 31.9 Å². The number of hydrogen-bond donors (Lipinski definition) is 1. The van der Waals surface area contributed by atoms with E-state index in [1.165, 1.54) is 25.1 Å². The lowest BCUT2D eigenvalue weighted by atomic mass is 10.1. The van der Waals surface area contributed by atoms with Gasteiger partial charge in [0.1, 0.15) is 5.76 Å². The Kier molecular flexibility index (Phi) is 4.18. The fourth-order valence-corrected chi connectivity index (χ4v) is 2.56. The van der Waals surface area contributed by atoms with Crippen LogP contribution in [0.25, 0.3) is 0 Å². The number of amides is 1. The lowest BCUT2D eigenvalue weighted by Gasteiger charge is -2.34. The van der Waals surface area contributed by atoms with Crippen LogP contribution in [0.1, 0.15) is 30.1 Å². The zero-order valence-corrected chi connectivity index (χ0v) is 13.2. The Morgan fingerprint density at radius 2 is 1.92 bits per heavy atom. The summed E-state index contributed by atoms with van der Waals surface area (Å²) in [5.74, 6) is -3.82. The number of carbonyl (C=O) groups is 1. The van der Waals surface area contributed by atoms with E-state index < -0.39 is 42.4 Å². The Balaban J connectivity index is 2.03. The smallest absolute Gasteiger partial charge is 0.455 e. The van der Waals surface area contributed by atoms with Crippen LogP contribution in [0, 0.1) is 0 Å². The Bertz CT molecular complexity index is 843. The molecule has 3 rings (SSSR count). The molecule has 26 heavy (non-hydrogen) atoms. The molecule has 140 valence electrons. The summed E-state index contributed by atoms with van der Waals surface area (Å²) < 4.78 is 74.8. The number of halogens is 5. The van der Waals surface area contributed by atoms with Gasteiger partial charge in [-0.25, -0.2) is 0 Å². The summed E-state index contributed by atoms with van der Waals surface area (Å²) in [5, 5.41) is 9.71. The summed E-state index contributed by atoms with van der Waals surface area (Å²) >= 11 is 0. The van der Waals surface area contributed by atoms with Gasteiger partial charge in [-0.3, -0.25) is 9.69 Å². The molecule has 0 aliphatic carbocycles. The third-order valence-corrected chi connectivity index (χ3v) is 3.74. The molecule has 1 amide bonds. The summed E-state index contributed by atoms with van der Waals surface area (Å²) in [4.78, 5) is 12.6. The maximum absolute atomic E-state index is 14.0. The van der Waals surface area contributed by atoms with Crippen LogP contribution in [0.5, 0.6) is 5.75 Å². The van der Waals surface area contributed by atoms with E-state index >= 15 is 0 Å². The maximum atomic E-state index is 14.0. The SMILES string of the molecule is CC(O)c1cccc2c1OC(F)(F)C(=O)N2Cc1ccc(C(F)(F)F)o1. The molecular formula is C16H12F5NO4. The molecule has 0 saturated heterocycles. The van der Waals surface area contributed by atoms with Gasteiger partial charge in [0.15, 0.2) is 5.75 Å². The molecule has 1 atom stereocenters. The highest BCUT2D eigenvalue weighted by Crippen LogP contribution is 2.44. The van der Waals surface area contributed by atoms with Crippen LogP contribution in [-0.2, 0) is 17.5 Å². The average Bonchev–Trinajstić information content (AvgIpc) is 2.99. The Morgan fingerprint density at radius 1 is 1.23 bits per heavy atom. The van der Waals surface area contributed by atoms with Crippen molar-refractivity contribution in [2.24, 2.45) is 0 Å². The van der Waals surface area contributed by atoms with Gasteiger partial charge in [0.2, 0.25) is 5.76 Å². The predicted molar refractivity (Wildman–Crippen MR) is 77.6 cm³/mol. The van der Waals surface area contributed by atoms with Gasteiger partial charge in [0, 0.05) is 5.56 Å². The van der Waals surface area contributed by atoms with Gasteiger partial charge in [0.25, 0.3) is 0 Å². The van der Waals surface area contributed by atoms with Crippen molar-refractivity contribution in [1.82, 2.24) is 0 Å². The molecule has 0 spiro atoms. The minimum atomic E-state index is -4.74. The quantitative estimate of drug-likeness (QED) is 0.825. The molecule has 1 N–H and O–H groups in total. The first-order valence-corrected chi connectivity index (χ1v) is 7.36. The van der Waals surface area contributed by atoms with E-state index in [4.69, 9.17) is 0 Å². The molecule has 1 aliphatic heterocycles. The number of hydrogen-bond acceptors (Lipinski definition) is 4. The number of aliphatic hydroxyl groups is 1. The van der Waals surface area contributed by atoms with E-state index in [0.717, 1.165) is 6.07 Å². The van der Waals surface area contributed by atoms with Crippen molar-refractivity contribution in [2.75, 3.05) is 4.90 Å². The van der Waals surface area contributed by atoms with E-state index in [1.54, 1.807) is 0 Å². The van der Waals surface area contributed by atoms with Crippen molar-refractivity contribution in [3.05, 3.63) is 47.4 Å². The molecule has 2 heterocycles. The number of furan rings is 1. The Hall–Kier alpha value is -2.62. The van der Waals surface area contributed by atoms with Gasteiger partial charge < -0.3 is 14.3 Å². The molecule has 5 nitrogen and oxygen atoms in total. The molecule has 0 bridgehead atoms. The molecule has 1 aliphatic rings. The number of aliphatic hydroxyl groups excluding tert-OH is 1. The number of fused-ring (bicyclic) bond motifs is 1. The molecule has 0 saturated carbocycles. The number of rotatable bonds is 3. The topological polar surface area (TPSA) is 62.9 Å². The summed E-state index contributed by atoms with van der Waals surface area (Å²) in [6.07, 6.45) is -10.2. The Morgan fingerprint density at radius 3 is 2.50 bits per heavy atom. The molecule has 1 unspecified atom stereocenters. The number of nitrogens with zero attached hydrogens (tertiary/aromatic N) is 1. The number of ether oxygens (including phenoxy) is 1. The van der Waals surface area contributed by atoms with Gasteiger partial charge in [0.05, 0.1) is 18.3 Å². The molecule has 0 radical (unpaired) electrons. The average molecular weight is 377 g/mol. The zero-order valence-electron chi connectivity index (χ0n) is 13.2. The normalized spacial score (nSPS) is 17.7. The molecular weight excluding hydrogens is 365 g/mol. The van der Waals surface area contributed by atoms with Crippen molar-refractivity contribution in [3.8, 4) is 5.75 Å². The fourth-order valence-electron chi connectivity index (χ4n) is 2.56. The van der Waals surface area contributed by atoms with Gasteiger partial charge >= 0.3 is 18.2 Å². The van der Waals surface area contributed by atoms with Crippen LogP contribution < -0.4 is 9.64 Å². The van der Waals surface area contributed by atoms with Gasteiger partial charge in [-0.1, -0.05) is 12.1 Å². The third kappa shape index (κ3) is 3.12. The number of benzene rings is 1. The zero-order chi connectivity index (χ0) is 19.3. The fraction of sp³-hybridized carbons (Fsp3) is 0.312. The van der Waals surface area contributed by atoms with Crippen LogP contribution in [0.3, 0.4) is 0 Å². The highest BCUT2D eigenvalue weighted by atomic mass is 19.4. The number of carbonyl (C=O) groups excluding carboxylic acids is 1. The minimum absolute atomic E-state index is 0.00935. The molecule has 1 aromatic heterocycles. The second-order valence-corrected chi connectivity index (χ2v) is 5.65. The van der Waals surface area contributed by atoms with Crippen molar-refractivity contribution in [3.63, 3.8) is 0 Å². The van der Waals surface area contributed by atoms with Crippen molar-refractivity contribution in [1.29, 1.82) is 0 Å². The largest absolute Gasteiger partial charge is 0.483 e. The van der Waals surface area contributed by atoms with E-state index in [9.17, 15) is 31.9 Å². The third-order valence-electron chi connectivity index (χ3n) is 3.74. The minimum Gasteiger partial charge on any atom is -0.455 e. The second-order valence-electron chi connectivity index (χ2n) is 5.65. The van der Waals surface area contributed by atoms with Gasteiger partial charge in [-0.05, 0) is 25.1 Å². The van der Waals surface area contributed by atoms with Crippen LogP contribution in [0.2, 0.25) is 0 Å². The standard InChI is InChI=1S/C16H12F5NO4/c1-8(23)10-3-2-4-11-13(10)26-16(20,21)14(24)22(11)7-9-5-6-12(25-9)15(17,18)19/h2-6,8,23H,7H2,1H3. The van der Waals surface area contributed by atoms with E-state index in [1.807, 2.05) is 0 Å². The predicted octanol–water partition coefficient (Wildman–Crippen LogP) is 3.87. The summed E-state index contributed by atoms with van der Waals surface area (Å²) in [5.41, 5.74) is -0.0978. The van der Waals surface area contributed by atoms with E-state index in [0.29, 0.717) is 11.0 Å². The molecule has 10 heteroatoms. The van der Waals surface area contributed by atoms with Gasteiger partial charge in [-0.2, -0.15) is 22.0 Å². The van der Waals surface area contributed by atoms with Crippen LogP contribution in [-0.4, -0.2) is 17.1 Å². The maximum Gasteiger partial charge on any atom is 0.483 e. The van der Waals surface area contributed by atoms with Crippen LogP contribution >= 0.6 is 0 Å². The highest BCUT2D eigenvalue weighted by Gasteiger charge is 2.51. The monoisotopic (exact) mass is 377 g/mol. The highest BCUT2D eigenvalue weighted by molar-refractivity contribution is 6.01. The first-order valence-electron chi connectivity index (χ1n) is 7.36. The molecule has 2 aromatic rings. The first-order chi connectivity index (χ1) is 12.0. The molecule has 1 aromatic carbocycles. The van der Waals surface area contributed by atoms with Crippen LogP contribution in [0.4, 0.5) is 27.6 Å². The van der Waals surface area contributed by atoms with Gasteiger partial charge in [-0.15, -0.1) is 0 Å². The summed E-state index contributed by atoms with van der Waals surface area (Å²) in [7, 11) is 0. The first kappa shape index (κ1) is 18.2. The van der Waals surface area contributed by atoms with E-state index in [-0.39, 0.29) is 17.0 Å². The lowest BCUT2D eigenvalue weighted by Crippen LogP contribution is -2.50. The second kappa shape index (κ2) is 5.97. The Labute approximate surface area is 143 Å².